The Balaban J connectivity index is 2.10. The van der Waals surface area contributed by atoms with Crippen LogP contribution in [0.1, 0.15) is 15.9 Å². The van der Waals surface area contributed by atoms with Gasteiger partial charge >= 0.3 is 5.97 Å². The molecule has 6 heteroatoms. The van der Waals surface area contributed by atoms with Crippen molar-refractivity contribution in [3.8, 4) is 0 Å². The van der Waals surface area contributed by atoms with Crippen LogP contribution in [0.15, 0.2) is 40.9 Å². The Hall–Kier alpha value is -1.95. The van der Waals surface area contributed by atoms with Gasteiger partial charge in [0.1, 0.15) is 18.2 Å². The molecule has 0 aromatic heterocycles. The van der Waals surface area contributed by atoms with Crippen LogP contribution in [-0.2, 0) is 11.3 Å². The average Bonchev–Trinajstić information content (AvgIpc) is 2.39. The topological polar surface area (TPSA) is 52.3 Å². The second-order valence-electron chi connectivity index (χ2n) is 4.06. The van der Waals surface area contributed by atoms with E-state index in [1.54, 1.807) is 6.07 Å². The summed E-state index contributed by atoms with van der Waals surface area (Å²) in [6.07, 6.45) is 0. The summed E-state index contributed by atoms with van der Waals surface area (Å²) in [5, 5.41) is 0. The van der Waals surface area contributed by atoms with E-state index in [2.05, 4.69) is 15.9 Å². The second-order valence-corrected chi connectivity index (χ2v) is 4.86. The fraction of sp³-hybridized carbons (Fsp3) is 0.0714. The molecule has 0 unspecified atom stereocenters. The van der Waals surface area contributed by atoms with Crippen molar-refractivity contribution < 1.29 is 18.3 Å². The lowest BCUT2D eigenvalue weighted by atomic mass is 10.2. The van der Waals surface area contributed by atoms with Crippen LogP contribution >= 0.6 is 15.9 Å². The number of anilines is 1. The standard InChI is InChI=1S/C14H10BrF2NO2/c15-13-8(2-1-3-12(13)17)7-20-14(19)9-4-10(16)6-11(18)5-9/h1-6H,7,18H2. The third-order valence-corrected chi connectivity index (χ3v) is 3.43. The van der Waals surface area contributed by atoms with Crippen molar-refractivity contribution in [3.05, 3.63) is 63.6 Å². The molecule has 0 fully saturated rings. The number of nitrogen functional groups attached to an aromatic ring is 1. The molecule has 0 aliphatic rings. The number of halogens is 3. The van der Waals surface area contributed by atoms with Crippen LogP contribution in [0.4, 0.5) is 14.5 Å². The quantitative estimate of drug-likeness (QED) is 0.684. The van der Waals surface area contributed by atoms with Crippen LogP contribution in [-0.4, -0.2) is 5.97 Å². The van der Waals surface area contributed by atoms with E-state index in [9.17, 15) is 13.6 Å². The SMILES string of the molecule is Nc1cc(F)cc(C(=O)OCc2cccc(F)c2Br)c1. The summed E-state index contributed by atoms with van der Waals surface area (Å²) >= 11 is 3.06. The number of hydrogen-bond acceptors (Lipinski definition) is 3. The Bertz CT molecular complexity index is 641. The normalized spacial score (nSPS) is 10.3. The van der Waals surface area contributed by atoms with Gasteiger partial charge in [-0.1, -0.05) is 12.1 Å². The van der Waals surface area contributed by atoms with E-state index >= 15 is 0 Å². The maximum Gasteiger partial charge on any atom is 0.338 e. The molecule has 0 bridgehead atoms. The summed E-state index contributed by atoms with van der Waals surface area (Å²) in [6, 6.07) is 7.83. The van der Waals surface area contributed by atoms with Crippen molar-refractivity contribution in [2.24, 2.45) is 0 Å². The van der Waals surface area contributed by atoms with Crippen molar-refractivity contribution in [2.75, 3.05) is 5.73 Å². The van der Waals surface area contributed by atoms with Gasteiger partial charge < -0.3 is 10.5 Å². The number of ether oxygens (including phenoxy) is 1. The molecule has 3 nitrogen and oxygen atoms in total. The van der Waals surface area contributed by atoms with E-state index < -0.39 is 17.6 Å². The molecule has 104 valence electrons. The van der Waals surface area contributed by atoms with Gasteiger partial charge in [0.2, 0.25) is 0 Å². The van der Waals surface area contributed by atoms with Gasteiger partial charge in [-0.3, -0.25) is 0 Å². The van der Waals surface area contributed by atoms with Crippen molar-refractivity contribution in [2.45, 2.75) is 6.61 Å². The maximum atomic E-state index is 13.3. The van der Waals surface area contributed by atoms with Crippen LogP contribution in [0.25, 0.3) is 0 Å². The third-order valence-electron chi connectivity index (χ3n) is 2.55. The molecular weight excluding hydrogens is 332 g/mol. The minimum Gasteiger partial charge on any atom is -0.457 e. The van der Waals surface area contributed by atoms with Gasteiger partial charge in [-0.15, -0.1) is 0 Å². The predicted octanol–water partition coefficient (Wildman–Crippen LogP) is 3.67. The molecule has 0 aliphatic heterocycles. The van der Waals surface area contributed by atoms with Gasteiger partial charge in [-0.05, 0) is 40.2 Å². The lowest BCUT2D eigenvalue weighted by molar-refractivity contribution is 0.0471. The van der Waals surface area contributed by atoms with E-state index in [0.717, 1.165) is 12.1 Å². The lowest BCUT2D eigenvalue weighted by Crippen LogP contribution is -2.07. The first-order chi connectivity index (χ1) is 9.47. The number of rotatable bonds is 3. The average molecular weight is 342 g/mol. The molecule has 20 heavy (non-hydrogen) atoms. The highest BCUT2D eigenvalue weighted by molar-refractivity contribution is 9.10. The molecule has 0 spiro atoms. The molecule has 0 saturated carbocycles. The largest absolute Gasteiger partial charge is 0.457 e. The number of benzene rings is 2. The molecule has 2 N–H and O–H groups in total. The summed E-state index contributed by atoms with van der Waals surface area (Å²) < 4.78 is 31.6. The van der Waals surface area contributed by atoms with Gasteiger partial charge in [0.25, 0.3) is 0 Å². The minimum atomic E-state index is -0.729. The van der Waals surface area contributed by atoms with Gasteiger partial charge in [0, 0.05) is 11.3 Å². The monoisotopic (exact) mass is 341 g/mol. The van der Waals surface area contributed by atoms with E-state index in [0.29, 0.717) is 5.56 Å². The third kappa shape index (κ3) is 3.33. The molecule has 0 amide bonds. The summed E-state index contributed by atoms with van der Waals surface area (Å²) in [4.78, 5) is 11.8. The lowest BCUT2D eigenvalue weighted by Gasteiger charge is -2.08. The number of hydrogen-bond donors (Lipinski definition) is 1. The molecule has 0 radical (unpaired) electrons. The molecule has 0 saturated heterocycles. The van der Waals surface area contributed by atoms with Crippen LogP contribution in [0.2, 0.25) is 0 Å². The van der Waals surface area contributed by atoms with E-state index in [-0.39, 0.29) is 22.3 Å². The summed E-state index contributed by atoms with van der Waals surface area (Å²) in [5.74, 6) is -1.80. The summed E-state index contributed by atoms with van der Waals surface area (Å²) in [5.41, 5.74) is 6.06. The highest BCUT2D eigenvalue weighted by Gasteiger charge is 2.12. The zero-order valence-corrected chi connectivity index (χ0v) is 11.8. The zero-order valence-electron chi connectivity index (χ0n) is 10.2. The smallest absolute Gasteiger partial charge is 0.338 e. The Morgan fingerprint density at radius 3 is 2.70 bits per heavy atom. The maximum absolute atomic E-state index is 13.3. The minimum absolute atomic E-state index is 0.00928. The van der Waals surface area contributed by atoms with Crippen molar-refractivity contribution >= 4 is 27.6 Å². The van der Waals surface area contributed by atoms with Gasteiger partial charge in [0.15, 0.2) is 0 Å². The van der Waals surface area contributed by atoms with Crippen LogP contribution < -0.4 is 5.73 Å². The van der Waals surface area contributed by atoms with Crippen LogP contribution in [0, 0.1) is 11.6 Å². The van der Waals surface area contributed by atoms with E-state index in [1.165, 1.54) is 18.2 Å². The fourth-order valence-electron chi connectivity index (χ4n) is 1.62. The van der Waals surface area contributed by atoms with Crippen LogP contribution in [0.3, 0.4) is 0 Å². The van der Waals surface area contributed by atoms with Crippen molar-refractivity contribution in [3.63, 3.8) is 0 Å². The first kappa shape index (κ1) is 14.5. The Labute approximate surface area is 122 Å². The molecule has 0 atom stereocenters. The molecular formula is C14H10BrF2NO2. The Morgan fingerprint density at radius 2 is 2.00 bits per heavy atom. The second kappa shape index (κ2) is 6.00. The fourth-order valence-corrected chi connectivity index (χ4v) is 2.00. The highest BCUT2D eigenvalue weighted by atomic mass is 79.9. The predicted molar refractivity (Wildman–Crippen MR) is 74.0 cm³/mol. The molecule has 2 aromatic rings. The molecule has 2 rings (SSSR count). The first-order valence-electron chi connectivity index (χ1n) is 5.63. The molecule has 2 aromatic carbocycles. The number of carbonyl (C=O) groups excluding carboxylic acids is 1. The molecule has 0 aliphatic carbocycles. The van der Waals surface area contributed by atoms with E-state index in [4.69, 9.17) is 10.5 Å². The zero-order chi connectivity index (χ0) is 14.7. The summed E-state index contributed by atoms with van der Waals surface area (Å²) in [7, 11) is 0. The summed E-state index contributed by atoms with van der Waals surface area (Å²) in [6.45, 7) is -0.131. The molecule has 0 heterocycles. The van der Waals surface area contributed by atoms with Crippen LogP contribution in [0.5, 0.6) is 0 Å². The highest BCUT2D eigenvalue weighted by Crippen LogP contribution is 2.21. The van der Waals surface area contributed by atoms with Gasteiger partial charge in [-0.2, -0.15) is 0 Å². The number of esters is 1. The number of carbonyl (C=O) groups is 1. The van der Waals surface area contributed by atoms with Gasteiger partial charge in [0.05, 0.1) is 10.0 Å². The first-order valence-corrected chi connectivity index (χ1v) is 6.43. The van der Waals surface area contributed by atoms with Gasteiger partial charge in [-0.25, -0.2) is 13.6 Å². The Morgan fingerprint density at radius 1 is 1.25 bits per heavy atom. The van der Waals surface area contributed by atoms with E-state index in [1.807, 2.05) is 0 Å². The van der Waals surface area contributed by atoms with Crippen molar-refractivity contribution in [1.29, 1.82) is 0 Å². The number of nitrogens with two attached hydrogens (primary N) is 1. The van der Waals surface area contributed by atoms with Crippen molar-refractivity contribution in [1.82, 2.24) is 0 Å². The Kier molecular flexibility index (Phi) is 4.34.